The van der Waals surface area contributed by atoms with E-state index in [4.69, 9.17) is 0 Å². The van der Waals surface area contributed by atoms with Gasteiger partial charge in [0, 0.05) is 28.6 Å². The van der Waals surface area contributed by atoms with Crippen LogP contribution in [0.5, 0.6) is 0 Å². The summed E-state index contributed by atoms with van der Waals surface area (Å²) in [6.45, 7) is 5.06. The smallest absolute Gasteiger partial charge is 0.220 e. The van der Waals surface area contributed by atoms with Gasteiger partial charge in [0.25, 0.3) is 0 Å². The number of carbonyl (C=O) groups is 1. The number of nitrogens with one attached hydrogen (secondary N) is 2. The van der Waals surface area contributed by atoms with Crippen molar-refractivity contribution in [1.82, 2.24) is 10.6 Å². The molecule has 1 unspecified atom stereocenters. The molecule has 0 fully saturated rings. The molecule has 0 spiro atoms. The minimum absolute atomic E-state index is 0. The highest BCUT2D eigenvalue weighted by Gasteiger charge is 2.08. The van der Waals surface area contributed by atoms with E-state index >= 15 is 0 Å². The molecule has 0 aliphatic carbocycles. The first-order valence-electron chi connectivity index (χ1n) is 6.11. The monoisotopic (exact) mass is 290 g/mol. The molecule has 0 aliphatic heterocycles. The maximum atomic E-state index is 11.6. The van der Waals surface area contributed by atoms with E-state index in [-0.39, 0.29) is 24.4 Å². The molecule has 0 saturated heterocycles. The van der Waals surface area contributed by atoms with Crippen molar-refractivity contribution in [1.29, 1.82) is 0 Å². The van der Waals surface area contributed by atoms with Gasteiger partial charge in [0.15, 0.2) is 0 Å². The second-order valence-corrected chi connectivity index (χ2v) is 5.76. The predicted molar refractivity (Wildman–Crippen MR) is 80.8 cm³/mol. The summed E-state index contributed by atoms with van der Waals surface area (Å²) in [7, 11) is 1.90. The van der Waals surface area contributed by atoms with Crippen LogP contribution in [0.3, 0.4) is 0 Å². The van der Waals surface area contributed by atoms with Gasteiger partial charge in [0.05, 0.1) is 0 Å². The Morgan fingerprint density at radius 3 is 2.72 bits per heavy atom. The van der Waals surface area contributed by atoms with Crippen LogP contribution in [0.2, 0.25) is 0 Å². The van der Waals surface area contributed by atoms with E-state index in [1.165, 1.54) is 9.75 Å². The molecule has 0 aliphatic rings. The molecule has 0 aromatic carbocycles. The molecular weight excluding hydrogens is 268 g/mol. The Morgan fingerprint density at radius 2 is 2.17 bits per heavy atom. The molecule has 3 nitrogen and oxygen atoms in total. The molecule has 1 amide bonds. The standard InChI is InChI=1S/C13H22N2OS.ClH/c1-10(9-12-7-6-11(2)17-12)15-13(16)5-4-8-14-3;/h6-7,10,14H,4-5,8-9H2,1-3H3,(H,15,16);1H. The van der Waals surface area contributed by atoms with Gasteiger partial charge in [-0.05, 0) is 46.0 Å². The SMILES string of the molecule is CNCCCC(=O)NC(C)Cc1ccc(C)s1.Cl. The van der Waals surface area contributed by atoms with Crippen LogP contribution in [-0.2, 0) is 11.2 Å². The summed E-state index contributed by atoms with van der Waals surface area (Å²) >= 11 is 1.80. The minimum Gasteiger partial charge on any atom is -0.353 e. The molecule has 1 aromatic heterocycles. The zero-order chi connectivity index (χ0) is 12.7. The van der Waals surface area contributed by atoms with Crippen molar-refractivity contribution < 1.29 is 4.79 Å². The zero-order valence-corrected chi connectivity index (χ0v) is 12.9. The van der Waals surface area contributed by atoms with E-state index in [1.54, 1.807) is 11.3 Å². The summed E-state index contributed by atoms with van der Waals surface area (Å²) in [5.41, 5.74) is 0. The normalized spacial score (nSPS) is 11.7. The van der Waals surface area contributed by atoms with Gasteiger partial charge in [-0.3, -0.25) is 4.79 Å². The Hall–Kier alpha value is -0.580. The van der Waals surface area contributed by atoms with Crippen molar-refractivity contribution >= 4 is 29.7 Å². The molecule has 0 radical (unpaired) electrons. The van der Waals surface area contributed by atoms with E-state index in [2.05, 4.69) is 36.6 Å². The number of carbonyl (C=O) groups excluding carboxylic acids is 1. The summed E-state index contributed by atoms with van der Waals surface area (Å²) < 4.78 is 0. The summed E-state index contributed by atoms with van der Waals surface area (Å²) in [4.78, 5) is 14.3. The number of halogens is 1. The highest BCUT2D eigenvalue weighted by Crippen LogP contribution is 2.16. The minimum atomic E-state index is 0. The van der Waals surface area contributed by atoms with Gasteiger partial charge in [0.1, 0.15) is 0 Å². The maximum Gasteiger partial charge on any atom is 0.220 e. The average Bonchev–Trinajstić information content (AvgIpc) is 2.64. The van der Waals surface area contributed by atoms with Crippen molar-refractivity contribution in [3.05, 3.63) is 21.9 Å². The van der Waals surface area contributed by atoms with Gasteiger partial charge in [0.2, 0.25) is 5.91 Å². The Bertz CT molecular complexity index is 355. The van der Waals surface area contributed by atoms with Gasteiger partial charge in [-0.1, -0.05) is 0 Å². The molecular formula is C13H23ClN2OS. The fourth-order valence-corrected chi connectivity index (χ4v) is 2.74. The lowest BCUT2D eigenvalue weighted by molar-refractivity contribution is -0.121. The summed E-state index contributed by atoms with van der Waals surface area (Å²) in [6.07, 6.45) is 2.43. The van der Waals surface area contributed by atoms with Crippen LogP contribution in [0.1, 0.15) is 29.5 Å². The molecule has 1 heterocycles. The third-order valence-electron chi connectivity index (χ3n) is 2.54. The highest BCUT2D eigenvalue weighted by molar-refractivity contribution is 7.11. The van der Waals surface area contributed by atoms with Crippen molar-refractivity contribution in [3.63, 3.8) is 0 Å². The van der Waals surface area contributed by atoms with E-state index in [9.17, 15) is 4.79 Å². The van der Waals surface area contributed by atoms with Crippen molar-refractivity contribution in [2.24, 2.45) is 0 Å². The Labute approximate surface area is 120 Å². The van der Waals surface area contributed by atoms with Crippen LogP contribution in [0.25, 0.3) is 0 Å². The average molecular weight is 291 g/mol. The van der Waals surface area contributed by atoms with E-state index in [1.807, 2.05) is 7.05 Å². The maximum absolute atomic E-state index is 11.6. The third-order valence-corrected chi connectivity index (χ3v) is 3.56. The van der Waals surface area contributed by atoms with Crippen molar-refractivity contribution in [2.45, 2.75) is 39.2 Å². The molecule has 5 heteroatoms. The van der Waals surface area contributed by atoms with E-state index < -0.39 is 0 Å². The lowest BCUT2D eigenvalue weighted by Crippen LogP contribution is -2.34. The summed E-state index contributed by atoms with van der Waals surface area (Å²) in [6, 6.07) is 4.49. The predicted octanol–water partition coefficient (Wildman–Crippen LogP) is 2.53. The quantitative estimate of drug-likeness (QED) is 0.758. The zero-order valence-electron chi connectivity index (χ0n) is 11.3. The molecule has 0 saturated carbocycles. The number of aryl methyl sites for hydroxylation is 1. The lowest BCUT2D eigenvalue weighted by atomic mass is 10.2. The number of hydrogen-bond acceptors (Lipinski definition) is 3. The molecule has 1 rings (SSSR count). The van der Waals surface area contributed by atoms with Gasteiger partial charge in [-0.2, -0.15) is 0 Å². The third kappa shape index (κ3) is 6.99. The Kier molecular flexibility index (Phi) is 9.06. The van der Waals surface area contributed by atoms with E-state index in [0.29, 0.717) is 6.42 Å². The van der Waals surface area contributed by atoms with Crippen LogP contribution in [0.15, 0.2) is 12.1 Å². The second kappa shape index (κ2) is 9.36. The van der Waals surface area contributed by atoms with Gasteiger partial charge >= 0.3 is 0 Å². The lowest BCUT2D eigenvalue weighted by Gasteiger charge is -2.12. The first kappa shape index (κ1) is 17.4. The Balaban J connectivity index is 0.00000289. The van der Waals surface area contributed by atoms with Crippen molar-refractivity contribution in [2.75, 3.05) is 13.6 Å². The molecule has 104 valence electrons. The molecule has 18 heavy (non-hydrogen) atoms. The van der Waals surface area contributed by atoms with Gasteiger partial charge < -0.3 is 10.6 Å². The van der Waals surface area contributed by atoms with Crippen LogP contribution >= 0.6 is 23.7 Å². The van der Waals surface area contributed by atoms with Crippen LogP contribution in [0, 0.1) is 6.92 Å². The number of hydrogen-bond donors (Lipinski definition) is 2. The van der Waals surface area contributed by atoms with Crippen LogP contribution in [-0.4, -0.2) is 25.5 Å². The van der Waals surface area contributed by atoms with Crippen LogP contribution < -0.4 is 10.6 Å². The van der Waals surface area contributed by atoms with Crippen LogP contribution in [0.4, 0.5) is 0 Å². The first-order valence-corrected chi connectivity index (χ1v) is 6.92. The van der Waals surface area contributed by atoms with Gasteiger partial charge in [-0.15, -0.1) is 23.7 Å². The fraction of sp³-hybridized carbons (Fsp3) is 0.615. The summed E-state index contributed by atoms with van der Waals surface area (Å²) in [5.74, 6) is 0.154. The largest absolute Gasteiger partial charge is 0.353 e. The number of thiophene rings is 1. The molecule has 1 aromatic rings. The number of rotatable bonds is 7. The fourth-order valence-electron chi connectivity index (χ4n) is 1.72. The molecule has 0 bridgehead atoms. The molecule has 2 N–H and O–H groups in total. The molecule has 1 atom stereocenters. The highest BCUT2D eigenvalue weighted by atomic mass is 35.5. The number of amides is 1. The topological polar surface area (TPSA) is 41.1 Å². The Morgan fingerprint density at radius 1 is 1.44 bits per heavy atom. The van der Waals surface area contributed by atoms with Crippen molar-refractivity contribution in [3.8, 4) is 0 Å². The first-order chi connectivity index (χ1) is 8.11. The second-order valence-electron chi connectivity index (χ2n) is 4.39. The van der Waals surface area contributed by atoms with E-state index in [0.717, 1.165) is 19.4 Å². The van der Waals surface area contributed by atoms with Gasteiger partial charge in [-0.25, -0.2) is 0 Å². The summed E-state index contributed by atoms with van der Waals surface area (Å²) in [5, 5.41) is 6.08.